The normalized spacial score (nSPS) is 31.8. The first kappa shape index (κ1) is 13.8. The number of para-hydroxylation sites is 2. The van der Waals surface area contributed by atoms with Crippen LogP contribution in [-0.4, -0.2) is 55.1 Å². The molecule has 0 radical (unpaired) electrons. The summed E-state index contributed by atoms with van der Waals surface area (Å²) in [5.41, 5.74) is 1.07. The lowest BCUT2D eigenvalue weighted by Crippen LogP contribution is -2.37. The molecule has 1 aromatic carbocycles. The Morgan fingerprint density at radius 3 is 2.70 bits per heavy atom. The number of imidazole rings is 1. The van der Waals surface area contributed by atoms with E-state index in [1.54, 1.807) is 0 Å². The third kappa shape index (κ3) is 2.43. The Morgan fingerprint density at radius 2 is 2.05 bits per heavy atom. The first-order chi connectivity index (χ1) is 9.56. The third-order valence-electron chi connectivity index (χ3n) is 3.33. The summed E-state index contributed by atoms with van der Waals surface area (Å²) in [6, 6.07) is 7.59. The number of aromatic nitrogens is 2. The molecule has 7 heteroatoms. The van der Waals surface area contributed by atoms with Gasteiger partial charge in [-0.1, -0.05) is 23.9 Å². The van der Waals surface area contributed by atoms with Gasteiger partial charge in [0.05, 0.1) is 17.1 Å². The predicted molar refractivity (Wildman–Crippen MR) is 74.3 cm³/mol. The highest BCUT2D eigenvalue weighted by Gasteiger charge is 2.45. The summed E-state index contributed by atoms with van der Waals surface area (Å²) in [6.45, 7) is 1.52. The first-order valence-electron chi connectivity index (χ1n) is 6.37. The van der Waals surface area contributed by atoms with Crippen LogP contribution in [0.4, 0.5) is 0 Å². The highest BCUT2D eigenvalue weighted by molar-refractivity contribution is 7.99. The number of benzene rings is 1. The highest BCUT2D eigenvalue weighted by atomic mass is 32.2. The summed E-state index contributed by atoms with van der Waals surface area (Å²) < 4.78 is 5.50. The van der Waals surface area contributed by atoms with Crippen LogP contribution >= 0.6 is 11.8 Å². The van der Waals surface area contributed by atoms with Crippen LogP contribution < -0.4 is 0 Å². The van der Waals surface area contributed by atoms with Crippen LogP contribution in [0.1, 0.15) is 6.92 Å². The number of H-pyrrole nitrogens is 1. The van der Waals surface area contributed by atoms with E-state index in [2.05, 4.69) is 9.97 Å². The van der Waals surface area contributed by atoms with Crippen molar-refractivity contribution in [2.75, 3.05) is 0 Å². The minimum absolute atomic E-state index is 0.605. The molecule has 1 aliphatic heterocycles. The second kappa shape index (κ2) is 5.34. The fourth-order valence-electron chi connectivity index (χ4n) is 2.26. The molecule has 0 amide bonds. The van der Waals surface area contributed by atoms with Gasteiger partial charge < -0.3 is 25.0 Å². The molecule has 1 saturated heterocycles. The van der Waals surface area contributed by atoms with Gasteiger partial charge in [0.2, 0.25) is 0 Å². The lowest BCUT2D eigenvalue weighted by atomic mass is 10.1. The summed E-state index contributed by atoms with van der Waals surface area (Å²) in [4.78, 5) is 7.50. The van der Waals surface area contributed by atoms with Crippen LogP contribution in [-0.2, 0) is 4.74 Å². The van der Waals surface area contributed by atoms with Gasteiger partial charge in [0.25, 0.3) is 0 Å². The number of fused-ring (bicyclic) bond motifs is 1. The van der Waals surface area contributed by atoms with Crippen molar-refractivity contribution >= 4 is 22.8 Å². The molecule has 0 aliphatic carbocycles. The Hall–Kier alpha value is -1.12. The fraction of sp³-hybridized carbons (Fsp3) is 0.462. The Kier molecular flexibility index (Phi) is 3.70. The zero-order valence-corrected chi connectivity index (χ0v) is 11.6. The molecule has 6 nitrogen and oxygen atoms in total. The number of rotatable bonds is 3. The van der Waals surface area contributed by atoms with Gasteiger partial charge in [-0.2, -0.15) is 0 Å². The molecule has 2 aromatic rings. The van der Waals surface area contributed by atoms with Crippen LogP contribution in [0.2, 0.25) is 0 Å². The molecule has 5 atom stereocenters. The van der Waals surface area contributed by atoms with Crippen molar-refractivity contribution in [2.24, 2.45) is 0 Å². The van der Waals surface area contributed by atoms with Gasteiger partial charge in [-0.3, -0.25) is 0 Å². The monoisotopic (exact) mass is 296 g/mol. The zero-order valence-electron chi connectivity index (χ0n) is 10.8. The Balaban J connectivity index is 1.77. The van der Waals surface area contributed by atoms with Crippen LogP contribution in [0.15, 0.2) is 29.4 Å². The van der Waals surface area contributed by atoms with Crippen LogP contribution in [0.25, 0.3) is 11.0 Å². The van der Waals surface area contributed by atoms with Crippen molar-refractivity contribution in [1.29, 1.82) is 0 Å². The van der Waals surface area contributed by atoms with Crippen molar-refractivity contribution in [3.05, 3.63) is 24.3 Å². The fourth-order valence-corrected chi connectivity index (χ4v) is 3.29. The lowest BCUT2D eigenvalue weighted by Gasteiger charge is -2.16. The van der Waals surface area contributed by atoms with Crippen LogP contribution in [0.5, 0.6) is 0 Å². The number of aliphatic hydroxyl groups excluding tert-OH is 3. The van der Waals surface area contributed by atoms with Gasteiger partial charge in [0.1, 0.15) is 23.7 Å². The molecule has 1 aliphatic rings. The molecule has 108 valence electrons. The van der Waals surface area contributed by atoms with Crippen molar-refractivity contribution in [1.82, 2.24) is 9.97 Å². The quantitative estimate of drug-likeness (QED) is 0.658. The number of nitrogens with one attached hydrogen (secondary N) is 1. The SMILES string of the molecule is C[C@@H](O)[C@@H]1O[C@@H](Sc2nc3ccccc3[nH]2)[C@H](O)[C@H]1O. The molecule has 3 rings (SSSR count). The van der Waals surface area contributed by atoms with E-state index in [4.69, 9.17) is 4.74 Å². The number of ether oxygens (including phenoxy) is 1. The van der Waals surface area contributed by atoms with Crippen molar-refractivity contribution in [3.63, 3.8) is 0 Å². The molecule has 0 spiro atoms. The minimum Gasteiger partial charge on any atom is -0.391 e. The molecule has 0 saturated carbocycles. The number of aliphatic hydroxyl groups is 3. The van der Waals surface area contributed by atoms with E-state index < -0.39 is 29.9 Å². The lowest BCUT2D eigenvalue weighted by molar-refractivity contribution is -0.0460. The number of hydrogen-bond donors (Lipinski definition) is 4. The van der Waals surface area contributed by atoms with Crippen LogP contribution in [0, 0.1) is 0 Å². The maximum atomic E-state index is 9.96. The van der Waals surface area contributed by atoms with E-state index in [-0.39, 0.29) is 0 Å². The smallest absolute Gasteiger partial charge is 0.168 e. The molecule has 2 heterocycles. The summed E-state index contributed by atoms with van der Waals surface area (Å²) in [6.07, 6.45) is -3.79. The van der Waals surface area contributed by atoms with Gasteiger partial charge >= 0.3 is 0 Å². The molecule has 1 fully saturated rings. The van der Waals surface area contributed by atoms with Crippen molar-refractivity contribution in [3.8, 4) is 0 Å². The summed E-state index contributed by atoms with van der Waals surface area (Å²) in [5, 5.41) is 29.9. The first-order valence-corrected chi connectivity index (χ1v) is 7.25. The molecule has 20 heavy (non-hydrogen) atoms. The van der Waals surface area contributed by atoms with Gasteiger partial charge in [-0.05, 0) is 19.1 Å². The molecule has 0 bridgehead atoms. The van der Waals surface area contributed by atoms with Gasteiger partial charge in [-0.15, -0.1) is 0 Å². The predicted octanol–water partition coefficient (Wildman–Crippen LogP) is 0.482. The summed E-state index contributed by atoms with van der Waals surface area (Å²) in [7, 11) is 0. The van der Waals surface area contributed by atoms with E-state index in [0.717, 1.165) is 11.0 Å². The number of aromatic amines is 1. The topological polar surface area (TPSA) is 98.6 Å². The Morgan fingerprint density at radius 1 is 1.30 bits per heavy atom. The van der Waals surface area contributed by atoms with E-state index in [0.29, 0.717) is 5.16 Å². The number of hydrogen-bond acceptors (Lipinski definition) is 6. The maximum Gasteiger partial charge on any atom is 0.168 e. The molecular weight excluding hydrogens is 280 g/mol. The molecule has 0 unspecified atom stereocenters. The van der Waals surface area contributed by atoms with E-state index >= 15 is 0 Å². The average molecular weight is 296 g/mol. The maximum absolute atomic E-state index is 9.96. The minimum atomic E-state index is -1.10. The standard InChI is InChI=1S/C13H16N2O4S/c1-6(16)11-9(17)10(18)12(19-11)20-13-14-7-4-2-3-5-8(7)15-13/h2-6,9-12,16-18H,1H3,(H,14,15)/t6-,9-,10-,11+,12+/m1/s1. The highest BCUT2D eigenvalue weighted by Crippen LogP contribution is 2.34. The van der Waals surface area contributed by atoms with Gasteiger partial charge in [0.15, 0.2) is 5.16 Å². The second-order valence-corrected chi connectivity index (χ2v) is 5.95. The van der Waals surface area contributed by atoms with E-state index in [9.17, 15) is 15.3 Å². The average Bonchev–Trinajstić information content (AvgIpc) is 2.94. The molecular formula is C13H16N2O4S. The summed E-state index contributed by atoms with van der Waals surface area (Å²) >= 11 is 1.20. The van der Waals surface area contributed by atoms with Crippen molar-refractivity contribution < 1.29 is 20.1 Å². The van der Waals surface area contributed by atoms with Crippen LogP contribution in [0.3, 0.4) is 0 Å². The van der Waals surface area contributed by atoms with Crippen molar-refractivity contribution in [2.45, 2.75) is 41.9 Å². The van der Waals surface area contributed by atoms with Gasteiger partial charge in [-0.25, -0.2) is 4.98 Å². The number of thioether (sulfide) groups is 1. The number of nitrogens with zero attached hydrogens (tertiary/aromatic N) is 1. The zero-order chi connectivity index (χ0) is 14.3. The molecule has 4 N–H and O–H groups in total. The van der Waals surface area contributed by atoms with E-state index in [1.165, 1.54) is 18.7 Å². The Labute approximate surface area is 119 Å². The largest absolute Gasteiger partial charge is 0.391 e. The second-order valence-electron chi connectivity index (χ2n) is 4.87. The van der Waals surface area contributed by atoms with E-state index in [1.807, 2.05) is 24.3 Å². The third-order valence-corrected chi connectivity index (χ3v) is 4.37. The molecule has 1 aromatic heterocycles. The van der Waals surface area contributed by atoms with Gasteiger partial charge in [0, 0.05) is 0 Å². The summed E-state index contributed by atoms with van der Waals surface area (Å²) in [5.74, 6) is 0. The Bertz CT molecular complexity index is 570.